The van der Waals surface area contributed by atoms with E-state index in [0.717, 1.165) is 10.2 Å². The van der Waals surface area contributed by atoms with Gasteiger partial charge in [-0.1, -0.05) is 0 Å². The van der Waals surface area contributed by atoms with Crippen LogP contribution in [0.2, 0.25) is 0 Å². The van der Waals surface area contributed by atoms with Gasteiger partial charge in [0.05, 0.1) is 3.79 Å². The van der Waals surface area contributed by atoms with Crippen molar-refractivity contribution in [3.8, 4) is 0 Å². The van der Waals surface area contributed by atoms with E-state index in [4.69, 9.17) is 11.5 Å². The maximum Gasteiger partial charge on any atom is 0.0701 e. The Hall–Kier alpha value is 0.390. The van der Waals surface area contributed by atoms with Gasteiger partial charge in [-0.05, 0) is 41.0 Å². The Balaban J connectivity index is 0.00000121. The van der Waals surface area contributed by atoms with Gasteiger partial charge in [-0.3, -0.25) is 0 Å². The molecule has 0 amide bonds. The van der Waals surface area contributed by atoms with Gasteiger partial charge >= 0.3 is 0 Å². The standard InChI is InChI=1S/C7H11BrN2S.ClH/c8-7-2-1-6(11-7)5(10)3-4-9;/h1-2,5H,3-4,9-10H2;1H/t5-;/m1./s1. The first-order valence-corrected chi connectivity index (χ1v) is 5.06. The van der Waals surface area contributed by atoms with Crippen molar-refractivity contribution in [2.24, 2.45) is 11.5 Å². The predicted octanol–water partition coefficient (Wildman–Crippen LogP) is 2.28. The van der Waals surface area contributed by atoms with Crippen molar-refractivity contribution in [3.63, 3.8) is 0 Å². The smallest absolute Gasteiger partial charge is 0.0701 e. The molecule has 0 saturated carbocycles. The molecule has 0 aliphatic rings. The van der Waals surface area contributed by atoms with Crippen molar-refractivity contribution < 1.29 is 0 Å². The maximum atomic E-state index is 5.83. The number of hydrogen-bond acceptors (Lipinski definition) is 3. The molecule has 0 aromatic carbocycles. The molecule has 0 fully saturated rings. The molecule has 0 unspecified atom stereocenters. The average molecular weight is 272 g/mol. The highest BCUT2D eigenvalue weighted by molar-refractivity contribution is 9.11. The van der Waals surface area contributed by atoms with E-state index in [1.54, 1.807) is 11.3 Å². The van der Waals surface area contributed by atoms with E-state index in [0.29, 0.717) is 6.54 Å². The van der Waals surface area contributed by atoms with Crippen molar-refractivity contribution in [2.75, 3.05) is 6.54 Å². The molecular formula is C7H12BrClN2S. The fourth-order valence-corrected chi connectivity index (χ4v) is 2.31. The van der Waals surface area contributed by atoms with Crippen LogP contribution in [-0.2, 0) is 0 Å². The lowest BCUT2D eigenvalue weighted by molar-refractivity contribution is 0.672. The first-order valence-electron chi connectivity index (χ1n) is 3.45. The van der Waals surface area contributed by atoms with Crippen LogP contribution >= 0.6 is 39.7 Å². The van der Waals surface area contributed by atoms with Crippen LogP contribution in [0, 0.1) is 0 Å². The van der Waals surface area contributed by atoms with Gasteiger partial charge in [0, 0.05) is 10.9 Å². The number of halogens is 2. The van der Waals surface area contributed by atoms with Crippen LogP contribution in [0.15, 0.2) is 15.9 Å². The van der Waals surface area contributed by atoms with E-state index in [-0.39, 0.29) is 18.4 Å². The SMILES string of the molecule is Cl.NCC[C@@H](N)c1ccc(Br)s1. The van der Waals surface area contributed by atoms with Crippen LogP contribution in [0.1, 0.15) is 17.3 Å². The van der Waals surface area contributed by atoms with Gasteiger partial charge in [0.25, 0.3) is 0 Å². The van der Waals surface area contributed by atoms with Crippen LogP contribution in [0.25, 0.3) is 0 Å². The molecule has 4 N–H and O–H groups in total. The molecule has 2 nitrogen and oxygen atoms in total. The number of thiophene rings is 1. The van der Waals surface area contributed by atoms with E-state index in [9.17, 15) is 0 Å². The Labute approximate surface area is 90.9 Å². The van der Waals surface area contributed by atoms with Crippen molar-refractivity contribution in [2.45, 2.75) is 12.5 Å². The zero-order valence-corrected chi connectivity index (χ0v) is 9.71. The maximum absolute atomic E-state index is 5.83. The highest BCUT2D eigenvalue weighted by Gasteiger charge is 2.06. The summed E-state index contributed by atoms with van der Waals surface area (Å²) in [5, 5.41) is 0. The minimum absolute atomic E-state index is 0. The Morgan fingerprint density at radius 1 is 1.50 bits per heavy atom. The summed E-state index contributed by atoms with van der Waals surface area (Å²) >= 11 is 5.06. The van der Waals surface area contributed by atoms with E-state index in [2.05, 4.69) is 15.9 Å². The molecule has 0 aliphatic carbocycles. The third-order valence-corrected chi connectivity index (χ3v) is 3.19. The Morgan fingerprint density at radius 3 is 2.58 bits per heavy atom. The van der Waals surface area contributed by atoms with E-state index in [1.807, 2.05) is 12.1 Å². The third-order valence-electron chi connectivity index (χ3n) is 1.44. The molecule has 0 bridgehead atoms. The molecule has 1 aromatic heterocycles. The number of hydrogen-bond donors (Lipinski definition) is 2. The monoisotopic (exact) mass is 270 g/mol. The Kier molecular flexibility index (Phi) is 6.13. The summed E-state index contributed by atoms with van der Waals surface area (Å²) in [5.41, 5.74) is 11.2. The van der Waals surface area contributed by atoms with E-state index < -0.39 is 0 Å². The minimum Gasteiger partial charge on any atom is -0.330 e. The molecule has 0 radical (unpaired) electrons. The molecule has 0 aliphatic heterocycles. The first-order chi connectivity index (χ1) is 5.24. The van der Waals surface area contributed by atoms with Gasteiger partial charge in [-0.2, -0.15) is 0 Å². The molecule has 0 saturated heterocycles. The predicted molar refractivity (Wildman–Crippen MR) is 59.9 cm³/mol. The zero-order valence-electron chi connectivity index (χ0n) is 6.50. The highest BCUT2D eigenvalue weighted by Crippen LogP contribution is 2.27. The fraction of sp³-hybridized carbons (Fsp3) is 0.429. The molecular weight excluding hydrogens is 260 g/mol. The summed E-state index contributed by atoms with van der Waals surface area (Å²) in [6, 6.07) is 4.15. The second-order valence-corrected chi connectivity index (χ2v) is 4.82. The van der Waals surface area contributed by atoms with Gasteiger partial charge in [0.1, 0.15) is 0 Å². The molecule has 5 heteroatoms. The fourth-order valence-electron chi connectivity index (χ4n) is 0.849. The molecule has 1 atom stereocenters. The number of nitrogens with two attached hydrogens (primary N) is 2. The lowest BCUT2D eigenvalue weighted by Crippen LogP contribution is -2.13. The Morgan fingerprint density at radius 2 is 2.17 bits per heavy atom. The molecule has 1 heterocycles. The largest absolute Gasteiger partial charge is 0.330 e. The molecule has 12 heavy (non-hydrogen) atoms. The van der Waals surface area contributed by atoms with Gasteiger partial charge in [0.15, 0.2) is 0 Å². The topological polar surface area (TPSA) is 52.0 Å². The van der Waals surface area contributed by atoms with Gasteiger partial charge in [-0.15, -0.1) is 23.7 Å². The van der Waals surface area contributed by atoms with Crippen LogP contribution < -0.4 is 11.5 Å². The van der Waals surface area contributed by atoms with Gasteiger partial charge < -0.3 is 11.5 Å². The van der Waals surface area contributed by atoms with E-state index >= 15 is 0 Å². The van der Waals surface area contributed by atoms with Crippen molar-refractivity contribution >= 4 is 39.7 Å². The molecule has 1 aromatic rings. The first kappa shape index (κ1) is 12.4. The van der Waals surface area contributed by atoms with Crippen molar-refractivity contribution in [3.05, 3.63) is 20.8 Å². The van der Waals surface area contributed by atoms with Crippen LogP contribution in [-0.4, -0.2) is 6.54 Å². The lowest BCUT2D eigenvalue weighted by atomic mass is 10.2. The molecule has 1 rings (SSSR count). The third kappa shape index (κ3) is 3.41. The Bertz CT molecular complexity index is 229. The molecule has 70 valence electrons. The zero-order chi connectivity index (χ0) is 8.27. The lowest BCUT2D eigenvalue weighted by Gasteiger charge is -2.05. The summed E-state index contributed by atoms with van der Waals surface area (Å²) in [5.74, 6) is 0. The van der Waals surface area contributed by atoms with Crippen molar-refractivity contribution in [1.82, 2.24) is 0 Å². The quantitative estimate of drug-likeness (QED) is 0.886. The summed E-state index contributed by atoms with van der Waals surface area (Å²) in [7, 11) is 0. The second kappa shape index (κ2) is 5.94. The van der Waals surface area contributed by atoms with Gasteiger partial charge in [0.2, 0.25) is 0 Å². The van der Waals surface area contributed by atoms with Crippen LogP contribution in [0.3, 0.4) is 0 Å². The molecule has 0 spiro atoms. The summed E-state index contributed by atoms with van der Waals surface area (Å²) in [6.45, 7) is 0.649. The van der Waals surface area contributed by atoms with E-state index in [1.165, 1.54) is 4.88 Å². The van der Waals surface area contributed by atoms with Gasteiger partial charge in [-0.25, -0.2) is 0 Å². The average Bonchev–Trinajstić information content (AvgIpc) is 2.36. The summed E-state index contributed by atoms with van der Waals surface area (Å²) in [4.78, 5) is 1.20. The van der Waals surface area contributed by atoms with Crippen LogP contribution in [0.5, 0.6) is 0 Å². The van der Waals surface area contributed by atoms with Crippen molar-refractivity contribution in [1.29, 1.82) is 0 Å². The normalized spacial score (nSPS) is 12.2. The summed E-state index contributed by atoms with van der Waals surface area (Å²) < 4.78 is 1.12. The minimum atomic E-state index is 0. The second-order valence-electron chi connectivity index (χ2n) is 2.33. The highest BCUT2D eigenvalue weighted by atomic mass is 79.9. The summed E-state index contributed by atoms with van der Waals surface area (Å²) in [6.07, 6.45) is 0.854. The number of rotatable bonds is 3. The van der Waals surface area contributed by atoms with Crippen LogP contribution in [0.4, 0.5) is 0 Å².